The second-order valence-electron chi connectivity index (χ2n) is 7.90. The van der Waals surface area contributed by atoms with Crippen molar-refractivity contribution >= 4 is 42.6 Å². The van der Waals surface area contributed by atoms with Gasteiger partial charge in [-0.15, -0.1) is 0 Å². The molecule has 0 amide bonds. The maximum Gasteiger partial charge on any atom is 0.123 e. The first-order chi connectivity index (χ1) is 14.1. The van der Waals surface area contributed by atoms with E-state index in [4.69, 9.17) is 0 Å². The van der Waals surface area contributed by atoms with E-state index in [1.165, 1.54) is 44.2 Å². The predicted molar refractivity (Wildman–Crippen MR) is 132 cm³/mol. The average Bonchev–Trinajstić information content (AvgIpc) is 2.98. The fourth-order valence-corrected chi connectivity index (χ4v) is 5.16. The quantitative estimate of drug-likeness (QED) is 0.206. The van der Waals surface area contributed by atoms with Gasteiger partial charge in [-0.1, -0.05) is 86.0 Å². The normalized spacial score (nSPS) is 14.2. The Morgan fingerprint density at radius 1 is 0.793 bits per heavy atom. The lowest BCUT2D eigenvalue weighted by molar-refractivity contribution is 0.328. The van der Waals surface area contributed by atoms with E-state index in [0.717, 1.165) is 36.6 Å². The monoisotopic (exact) mass is 514 g/mol. The van der Waals surface area contributed by atoms with Gasteiger partial charge in [0.1, 0.15) is 5.66 Å². The number of hydrogen-bond donors (Lipinski definition) is 2. The molecule has 4 rings (SSSR count). The highest BCUT2D eigenvalue weighted by Crippen LogP contribution is 2.50. The van der Waals surface area contributed by atoms with Gasteiger partial charge in [0.05, 0.1) is 0 Å². The van der Waals surface area contributed by atoms with Crippen LogP contribution in [0.5, 0.6) is 0 Å². The largest absolute Gasteiger partial charge is 0.292 e. The molecule has 0 spiro atoms. The fraction of sp³-hybridized carbons (Fsp3) is 0.360. The van der Waals surface area contributed by atoms with Crippen molar-refractivity contribution < 1.29 is 0 Å². The van der Waals surface area contributed by atoms with Crippen molar-refractivity contribution in [3.05, 3.63) is 70.8 Å². The smallest absolute Gasteiger partial charge is 0.123 e. The Morgan fingerprint density at radius 3 is 2.10 bits per heavy atom. The minimum atomic E-state index is -0.351. The Morgan fingerprint density at radius 2 is 1.45 bits per heavy atom. The third-order valence-corrected chi connectivity index (χ3v) is 7.03. The van der Waals surface area contributed by atoms with Crippen molar-refractivity contribution in [1.29, 1.82) is 0 Å². The molecule has 0 aromatic heterocycles. The van der Waals surface area contributed by atoms with Crippen LogP contribution in [-0.2, 0) is 5.66 Å². The number of fused-ring (bicyclic) bond motifs is 5. The molecule has 4 heteroatoms. The van der Waals surface area contributed by atoms with Gasteiger partial charge in [0.2, 0.25) is 0 Å². The Labute approximate surface area is 190 Å². The summed E-state index contributed by atoms with van der Waals surface area (Å²) >= 11 is 7.19. The molecule has 3 aromatic rings. The highest BCUT2D eigenvalue weighted by Gasteiger charge is 2.43. The van der Waals surface area contributed by atoms with Gasteiger partial charge in [-0.2, -0.15) is 0 Å². The Balaban J connectivity index is 1.99. The summed E-state index contributed by atoms with van der Waals surface area (Å²) in [6.45, 7) is 6.32. The van der Waals surface area contributed by atoms with Gasteiger partial charge in [-0.25, -0.2) is 0 Å². The van der Waals surface area contributed by atoms with Crippen molar-refractivity contribution in [2.75, 3.05) is 23.7 Å². The Hall–Kier alpha value is -1.20. The molecule has 0 saturated carbocycles. The van der Waals surface area contributed by atoms with Crippen LogP contribution in [0.3, 0.4) is 0 Å². The number of nitrogens with one attached hydrogen (secondary N) is 2. The van der Waals surface area contributed by atoms with E-state index < -0.39 is 0 Å². The molecule has 0 aliphatic heterocycles. The molecule has 1 aliphatic carbocycles. The second-order valence-corrected chi connectivity index (χ2v) is 9.49. The molecule has 0 fully saturated rings. The molecule has 1 aliphatic rings. The van der Waals surface area contributed by atoms with Gasteiger partial charge >= 0.3 is 0 Å². The van der Waals surface area contributed by atoms with Crippen molar-refractivity contribution in [3.63, 3.8) is 0 Å². The molecule has 3 aromatic carbocycles. The SMILES string of the molecule is Cc1ccc2c(c1)C(NCCCBr)(NCCCBr)c1cc(C)c3ccccc3c1-2. The topological polar surface area (TPSA) is 24.1 Å². The summed E-state index contributed by atoms with van der Waals surface area (Å²) in [6.07, 6.45) is 2.18. The fourth-order valence-electron chi connectivity index (χ4n) is 4.60. The van der Waals surface area contributed by atoms with Crippen LogP contribution in [0.1, 0.15) is 35.1 Å². The number of aryl methyl sites for hydroxylation is 2. The summed E-state index contributed by atoms with van der Waals surface area (Å²) in [7, 11) is 0. The highest BCUT2D eigenvalue weighted by atomic mass is 79.9. The maximum absolute atomic E-state index is 3.93. The van der Waals surface area contributed by atoms with E-state index in [1.807, 2.05) is 0 Å². The summed E-state index contributed by atoms with van der Waals surface area (Å²) in [5.41, 5.74) is 7.71. The van der Waals surface area contributed by atoms with Gasteiger partial charge in [0, 0.05) is 10.7 Å². The second kappa shape index (κ2) is 8.89. The number of halogens is 2. The van der Waals surface area contributed by atoms with Crippen LogP contribution in [0.25, 0.3) is 21.9 Å². The number of rotatable bonds is 8. The van der Waals surface area contributed by atoms with E-state index in [1.54, 1.807) is 0 Å². The molecule has 2 nitrogen and oxygen atoms in total. The van der Waals surface area contributed by atoms with Crippen molar-refractivity contribution in [2.24, 2.45) is 0 Å². The lowest BCUT2D eigenvalue weighted by atomic mass is 9.91. The van der Waals surface area contributed by atoms with Crippen LogP contribution in [0.2, 0.25) is 0 Å². The first kappa shape index (κ1) is 21.0. The molecule has 0 radical (unpaired) electrons. The molecule has 0 heterocycles. The summed E-state index contributed by atoms with van der Waals surface area (Å²) in [5.74, 6) is 0. The molecule has 152 valence electrons. The molecule has 0 atom stereocenters. The minimum absolute atomic E-state index is 0.351. The van der Waals surface area contributed by atoms with Gasteiger partial charge in [-0.05, 0) is 78.4 Å². The number of alkyl halides is 2. The molecule has 29 heavy (non-hydrogen) atoms. The van der Waals surface area contributed by atoms with Crippen LogP contribution in [-0.4, -0.2) is 23.7 Å². The van der Waals surface area contributed by atoms with E-state index in [9.17, 15) is 0 Å². The molecule has 0 saturated heterocycles. The van der Waals surface area contributed by atoms with Crippen molar-refractivity contribution in [2.45, 2.75) is 32.4 Å². The van der Waals surface area contributed by atoms with Crippen molar-refractivity contribution in [1.82, 2.24) is 10.6 Å². The van der Waals surface area contributed by atoms with Crippen LogP contribution in [0, 0.1) is 13.8 Å². The summed E-state index contributed by atoms with van der Waals surface area (Å²) in [5, 5.41) is 12.6. The third kappa shape index (κ3) is 3.69. The summed E-state index contributed by atoms with van der Waals surface area (Å²) in [4.78, 5) is 0. The zero-order valence-corrected chi connectivity index (χ0v) is 20.3. The Kier molecular flexibility index (Phi) is 6.45. The highest BCUT2D eigenvalue weighted by molar-refractivity contribution is 9.09. The number of hydrogen-bond acceptors (Lipinski definition) is 2. The van der Waals surface area contributed by atoms with Gasteiger partial charge in [0.15, 0.2) is 0 Å². The van der Waals surface area contributed by atoms with Crippen LogP contribution in [0.15, 0.2) is 48.5 Å². The summed E-state index contributed by atoms with van der Waals surface area (Å²) < 4.78 is 0. The van der Waals surface area contributed by atoms with E-state index in [-0.39, 0.29) is 5.66 Å². The van der Waals surface area contributed by atoms with E-state index >= 15 is 0 Å². The van der Waals surface area contributed by atoms with Gasteiger partial charge in [-0.3, -0.25) is 10.6 Å². The lowest BCUT2D eigenvalue weighted by Crippen LogP contribution is -2.54. The number of benzene rings is 3. The predicted octanol–water partition coefficient (Wildman–Crippen LogP) is 6.39. The zero-order chi connectivity index (χ0) is 20.4. The molecular formula is C25H28Br2N2. The standard InChI is InChI=1S/C25H28Br2N2/c1-17-9-10-21-22(15-17)25(28-13-5-11-26,29-14-6-12-27)23-16-18(2)19-7-3-4-8-20(19)24(21)23/h3-4,7-10,15-16,28-29H,5-6,11-14H2,1-2H3. The van der Waals surface area contributed by atoms with Crippen molar-refractivity contribution in [3.8, 4) is 11.1 Å². The Bertz CT molecular complexity index is 1020. The maximum atomic E-state index is 3.93. The van der Waals surface area contributed by atoms with Crippen LogP contribution < -0.4 is 10.6 Å². The lowest BCUT2D eigenvalue weighted by Gasteiger charge is -2.35. The molecule has 0 bridgehead atoms. The minimum Gasteiger partial charge on any atom is -0.292 e. The molecule has 0 unspecified atom stereocenters. The average molecular weight is 516 g/mol. The molecular weight excluding hydrogens is 488 g/mol. The summed E-state index contributed by atoms with van der Waals surface area (Å²) in [6, 6.07) is 18.1. The van der Waals surface area contributed by atoms with Gasteiger partial charge in [0.25, 0.3) is 0 Å². The van der Waals surface area contributed by atoms with E-state index in [2.05, 4.69) is 105 Å². The molecule has 2 N–H and O–H groups in total. The first-order valence-corrected chi connectivity index (χ1v) is 12.6. The van der Waals surface area contributed by atoms with E-state index in [0.29, 0.717) is 0 Å². The first-order valence-electron chi connectivity index (χ1n) is 10.4. The van der Waals surface area contributed by atoms with Crippen LogP contribution in [0.4, 0.5) is 0 Å². The van der Waals surface area contributed by atoms with Gasteiger partial charge < -0.3 is 0 Å². The zero-order valence-electron chi connectivity index (χ0n) is 17.1. The third-order valence-electron chi connectivity index (χ3n) is 5.90. The van der Waals surface area contributed by atoms with Crippen LogP contribution >= 0.6 is 31.9 Å².